The lowest BCUT2D eigenvalue weighted by atomic mass is 9.78. The molecule has 0 spiro atoms. The van der Waals surface area contributed by atoms with Crippen LogP contribution in [0.5, 0.6) is 0 Å². The molecule has 0 radical (unpaired) electrons. The number of aromatic nitrogens is 3. The normalized spacial score (nSPS) is 26.3. The Balaban J connectivity index is 1.80. The number of halogens is 3. The first-order valence-corrected chi connectivity index (χ1v) is 8.88. The highest BCUT2D eigenvalue weighted by Crippen LogP contribution is 2.40. The molecule has 9 heteroatoms. The van der Waals surface area contributed by atoms with Gasteiger partial charge >= 0.3 is 6.18 Å². The molecule has 1 aliphatic rings. The van der Waals surface area contributed by atoms with E-state index in [2.05, 4.69) is 15.6 Å². The fourth-order valence-corrected chi connectivity index (χ4v) is 3.60. The fraction of sp³-hybridized carbons (Fsp3) is 0.556. The van der Waals surface area contributed by atoms with E-state index in [-0.39, 0.29) is 25.1 Å². The highest BCUT2D eigenvalue weighted by molar-refractivity contribution is 5.30. The molecule has 0 saturated carbocycles. The van der Waals surface area contributed by atoms with Crippen LogP contribution in [0, 0.1) is 0 Å². The summed E-state index contributed by atoms with van der Waals surface area (Å²) in [5.41, 5.74) is -0.875. The predicted molar refractivity (Wildman–Crippen MR) is 91.6 cm³/mol. The Morgan fingerprint density at radius 3 is 2.59 bits per heavy atom. The molecule has 3 atom stereocenters. The van der Waals surface area contributed by atoms with Gasteiger partial charge in [-0.3, -0.25) is 4.68 Å². The minimum atomic E-state index is -4.40. The van der Waals surface area contributed by atoms with Crippen LogP contribution in [0.25, 0.3) is 0 Å². The maximum absolute atomic E-state index is 12.8. The number of hydrogen-bond donors (Lipinski definition) is 3. The topological polar surface area (TPSA) is 83.2 Å². The van der Waals surface area contributed by atoms with Gasteiger partial charge in [-0.1, -0.05) is 17.3 Å². The number of rotatable bonds is 5. The molecule has 0 bridgehead atoms. The predicted octanol–water partition coefficient (Wildman–Crippen LogP) is 2.38. The van der Waals surface area contributed by atoms with Crippen molar-refractivity contribution >= 4 is 0 Å². The van der Waals surface area contributed by atoms with E-state index < -0.39 is 17.3 Å². The van der Waals surface area contributed by atoms with Gasteiger partial charge in [0.15, 0.2) is 0 Å². The van der Waals surface area contributed by atoms with E-state index in [1.54, 1.807) is 10.9 Å². The van der Waals surface area contributed by atoms with E-state index in [4.69, 9.17) is 5.11 Å². The number of hydrogen-bond acceptors (Lipinski definition) is 5. The number of nitrogens with one attached hydrogen (secondary N) is 1. The maximum atomic E-state index is 12.8. The van der Waals surface area contributed by atoms with Crippen molar-refractivity contribution < 1.29 is 23.4 Å². The Kier molecular flexibility index (Phi) is 5.55. The second kappa shape index (κ2) is 7.57. The molecular weight excluding hydrogens is 361 g/mol. The van der Waals surface area contributed by atoms with Crippen LogP contribution in [0.1, 0.15) is 49.0 Å². The Morgan fingerprint density at radius 2 is 1.96 bits per heavy atom. The van der Waals surface area contributed by atoms with E-state index in [9.17, 15) is 18.3 Å². The number of alkyl halides is 3. The summed E-state index contributed by atoms with van der Waals surface area (Å²) in [5.74, 6) is 0. The van der Waals surface area contributed by atoms with Crippen LogP contribution < -0.4 is 5.32 Å². The summed E-state index contributed by atoms with van der Waals surface area (Å²) in [6, 6.07) is 4.36. The van der Waals surface area contributed by atoms with Crippen molar-refractivity contribution in [1.82, 2.24) is 20.3 Å². The van der Waals surface area contributed by atoms with E-state index in [0.717, 1.165) is 12.1 Å². The summed E-state index contributed by atoms with van der Waals surface area (Å²) >= 11 is 0. The van der Waals surface area contributed by atoms with Crippen LogP contribution in [0.3, 0.4) is 0 Å². The molecule has 1 aromatic heterocycles. The lowest BCUT2D eigenvalue weighted by Gasteiger charge is -2.40. The summed E-state index contributed by atoms with van der Waals surface area (Å²) in [6.07, 6.45) is -1.42. The first kappa shape index (κ1) is 19.8. The van der Waals surface area contributed by atoms with Crippen molar-refractivity contribution in [3.8, 4) is 0 Å². The molecule has 2 heterocycles. The quantitative estimate of drug-likeness (QED) is 0.737. The Hall–Kier alpha value is -1.97. The minimum absolute atomic E-state index is 0.0568. The zero-order valence-corrected chi connectivity index (χ0v) is 14.9. The van der Waals surface area contributed by atoms with Crippen molar-refractivity contribution in [3.63, 3.8) is 0 Å². The molecular formula is C18H23F3N4O2. The van der Waals surface area contributed by atoms with Crippen LogP contribution >= 0.6 is 0 Å². The third kappa shape index (κ3) is 4.48. The van der Waals surface area contributed by atoms with E-state index in [0.29, 0.717) is 30.6 Å². The van der Waals surface area contributed by atoms with Gasteiger partial charge in [-0.25, -0.2) is 0 Å². The van der Waals surface area contributed by atoms with Gasteiger partial charge in [0.2, 0.25) is 0 Å². The summed E-state index contributed by atoms with van der Waals surface area (Å²) in [5, 5.41) is 31.6. The van der Waals surface area contributed by atoms with Crippen LogP contribution in [0.4, 0.5) is 13.2 Å². The summed E-state index contributed by atoms with van der Waals surface area (Å²) in [7, 11) is 0. The van der Waals surface area contributed by atoms with Crippen LogP contribution in [0.15, 0.2) is 30.5 Å². The van der Waals surface area contributed by atoms with Crippen molar-refractivity contribution in [2.24, 2.45) is 0 Å². The number of aliphatic hydroxyl groups excluding tert-OH is 1. The Labute approximate surface area is 155 Å². The zero-order valence-electron chi connectivity index (χ0n) is 14.9. The van der Waals surface area contributed by atoms with Crippen LogP contribution in [0.2, 0.25) is 0 Å². The molecule has 1 saturated heterocycles. The lowest BCUT2D eigenvalue weighted by molar-refractivity contribution is -0.137. The van der Waals surface area contributed by atoms with Gasteiger partial charge in [0.05, 0.1) is 29.1 Å². The molecule has 3 rings (SSSR count). The summed E-state index contributed by atoms with van der Waals surface area (Å²) < 4.78 is 40.0. The molecule has 6 nitrogen and oxygen atoms in total. The molecule has 1 fully saturated rings. The average Bonchev–Trinajstić information content (AvgIpc) is 3.07. The number of aliphatic hydroxyl groups is 2. The molecule has 1 aromatic carbocycles. The van der Waals surface area contributed by atoms with Crippen molar-refractivity contribution in [3.05, 3.63) is 47.3 Å². The number of piperidine rings is 1. The maximum Gasteiger partial charge on any atom is 0.416 e. The number of aryl methyl sites for hydroxylation is 1. The lowest BCUT2D eigenvalue weighted by Crippen LogP contribution is -2.47. The van der Waals surface area contributed by atoms with Crippen LogP contribution in [-0.2, 0) is 18.3 Å². The van der Waals surface area contributed by atoms with Gasteiger partial charge in [0.25, 0.3) is 0 Å². The monoisotopic (exact) mass is 384 g/mol. The Morgan fingerprint density at radius 1 is 1.26 bits per heavy atom. The van der Waals surface area contributed by atoms with Gasteiger partial charge in [-0.2, -0.15) is 13.2 Å². The summed E-state index contributed by atoms with van der Waals surface area (Å²) in [6.45, 7) is 2.51. The Bertz CT molecular complexity index is 763. The smallest absolute Gasteiger partial charge is 0.396 e. The largest absolute Gasteiger partial charge is 0.416 e. The van der Waals surface area contributed by atoms with Crippen LogP contribution in [-0.4, -0.2) is 37.9 Å². The van der Waals surface area contributed by atoms with Gasteiger partial charge in [-0.15, -0.1) is 5.10 Å². The molecule has 3 N–H and O–H groups in total. The SMILES string of the molecule is C[C@H]1CC(O)(c2ccc(C(F)(F)F)cc2)C[C@@H](c2cn(CCCO)nn2)N1. The van der Waals surface area contributed by atoms with E-state index in [1.807, 2.05) is 6.92 Å². The second-order valence-corrected chi connectivity index (χ2v) is 7.12. The standard InChI is InChI=1S/C18H23F3N4O2/c1-12-9-17(27,13-3-5-14(6-4-13)18(19,20)21)10-15(22-12)16-11-25(24-23-16)7-2-8-26/h3-6,11-12,15,22,26-27H,2,7-10H2,1H3/t12-,15-,17?/m0/s1. The third-order valence-electron chi connectivity index (χ3n) is 4.88. The van der Waals surface area contributed by atoms with Gasteiger partial charge in [0.1, 0.15) is 0 Å². The molecule has 0 amide bonds. The first-order valence-electron chi connectivity index (χ1n) is 8.88. The van der Waals surface area contributed by atoms with Crippen molar-refractivity contribution in [1.29, 1.82) is 0 Å². The molecule has 1 unspecified atom stereocenters. The van der Waals surface area contributed by atoms with Crippen molar-refractivity contribution in [2.45, 2.75) is 56.6 Å². The van der Waals surface area contributed by atoms with Crippen molar-refractivity contribution in [2.75, 3.05) is 6.61 Å². The number of benzene rings is 1. The first-order chi connectivity index (χ1) is 12.7. The molecule has 148 valence electrons. The highest BCUT2D eigenvalue weighted by Gasteiger charge is 2.40. The molecule has 0 aliphatic carbocycles. The highest BCUT2D eigenvalue weighted by atomic mass is 19.4. The fourth-order valence-electron chi connectivity index (χ4n) is 3.60. The zero-order chi connectivity index (χ0) is 19.7. The number of nitrogens with zero attached hydrogens (tertiary/aromatic N) is 3. The minimum Gasteiger partial charge on any atom is -0.396 e. The van der Waals surface area contributed by atoms with E-state index in [1.165, 1.54) is 12.1 Å². The summed E-state index contributed by atoms with van der Waals surface area (Å²) in [4.78, 5) is 0. The second-order valence-electron chi connectivity index (χ2n) is 7.12. The molecule has 2 aromatic rings. The average molecular weight is 384 g/mol. The van der Waals surface area contributed by atoms with E-state index >= 15 is 0 Å². The third-order valence-corrected chi connectivity index (χ3v) is 4.88. The van der Waals surface area contributed by atoms with Gasteiger partial charge in [-0.05, 0) is 37.5 Å². The van der Waals surface area contributed by atoms with Gasteiger partial charge < -0.3 is 15.5 Å². The molecule has 1 aliphatic heterocycles. The molecule has 27 heavy (non-hydrogen) atoms. The van der Waals surface area contributed by atoms with Gasteiger partial charge in [0, 0.05) is 25.6 Å².